The van der Waals surface area contributed by atoms with Gasteiger partial charge < -0.3 is 4.90 Å². The lowest BCUT2D eigenvalue weighted by Gasteiger charge is -2.43. The summed E-state index contributed by atoms with van der Waals surface area (Å²) < 4.78 is 0. The minimum absolute atomic E-state index is 0.399. The van der Waals surface area contributed by atoms with Gasteiger partial charge in [-0.25, -0.2) is 0 Å². The lowest BCUT2D eigenvalue weighted by atomic mass is 9.86. The molecule has 108 valence electrons. The highest BCUT2D eigenvalue weighted by atomic mass is 16.1. The zero-order chi connectivity index (χ0) is 13.7. The van der Waals surface area contributed by atoms with Crippen LogP contribution < -0.4 is 0 Å². The van der Waals surface area contributed by atoms with Crippen molar-refractivity contribution < 1.29 is 4.79 Å². The first kappa shape index (κ1) is 14.6. The Hall–Kier alpha value is -0.790. The zero-order valence-corrected chi connectivity index (χ0v) is 12.7. The molecule has 0 bridgehead atoms. The van der Waals surface area contributed by atoms with Crippen LogP contribution in [0, 0.1) is 0 Å². The van der Waals surface area contributed by atoms with Crippen molar-refractivity contribution in [3.8, 4) is 0 Å². The second-order valence-corrected chi connectivity index (χ2v) is 6.04. The Morgan fingerprint density at radius 2 is 2.05 bits per heavy atom. The van der Waals surface area contributed by atoms with E-state index in [0.29, 0.717) is 12.2 Å². The smallest absolute Gasteiger partial charge is 0.160 e. The summed E-state index contributed by atoms with van der Waals surface area (Å²) in [7, 11) is 0. The second-order valence-electron chi connectivity index (χ2n) is 6.04. The molecule has 0 radical (unpaired) electrons. The molecule has 2 aliphatic heterocycles. The van der Waals surface area contributed by atoms with E-state index in [1.54, 1.807) is 0 Å². The van der Waals surface area contributed by atoms with Gasteiger partial charge in [0.2, 0.25) is 0 Å². The molecular weight excluding hydrogens is 234 g/mol. The quantitative estimate of drug-likeness (QED) is 0.660. The van der Waals surface area contributed by atoms with Gasteiger partial charge >= 0.3 is 0 Å². The van der Waals surface area contributed by atoms with Crippen LogP contribution in [0.1, 0.15) is 78.1 Å². The Balaban J connectivity index is 2.17. The molecule has 0 aromatic heterocycles. The molecule has 2 heteroatoms. The predicted octanol–water partition coefficient (Wildman–Crippen LogP) is 4.45. The van der Waals surface area contributed by atoms with Gasteiger partial charge in [0.15, 0.2) is 5.78 Å². The van der Waals surface area contributed by atoms with E-state index in [2.05, 4.69) is 11.8 Å². The molecule has 2 heterocycles. The van der Waals surface area contributed by atoms with Gasteiger partial charge in [-0.2, -0.15) is 0 Å². The third-order valence-electron chi connectivity index (χ3n) is 4.72. The summed E-state index contributed by atoms with van der Waals surface area (Å²) in [6.07, 6.45) is 11.9. The van der Waals surface area contributed by atoms with Crippen molar-refractivity contribution in [3.05, 3.63) is 11.3 Å². The lowest BCUT2D eigenvalue weighted by Crippen LogP contribution is -2.42. The van der Waals surface area contributed by atoms with Crippen LogP contribution in [0.2, 0.25) is 0 Å². The maximum Gasteiger partial charge on any atom is 0.160 e. The standard InChI is InChI=1S/C17H29NO/c1-3-5-6-10-16-15(17(19)4-2)12-11-14-9-7-8-13-18(14)16/h14H,3-13H2,1-2H3. The average Bonchev–Trinajstić information content (AvgIpc) is 2.46. The summed E-state index contributed by atoms with van der Waals surface area (Å²) in [6, 6.07) is 0.735. The number of nitrogens with zero attached hydrogens (tertiary/aromatic N) is 1. The van der Waals surface area contributed by atoms with Gasteiger partial charge in [0.05, 0.1) is 0 Å². The number of hydrogen-bond acceptors (Lipinski definition) is 2. The highest BCUT2D eigenvalue weighted by Gasteiger charge is 2.31. The summed E-state index contributed by atoms with van der Waals surface area (Å²) >= 11 is 0. The van der Waals surface area contributed by atoms with E-state index in [1.165, 1.54) is 62.8 Å². The molecular formula is C17H29NO. The molecule has 0 saturated carbocycles. The maximum atomic E-state index is 12.2. The molecule has 0 spiro atoms. The Kier molecular flexibility index (Phi) is 5.47. The van der Waals surface area contributed by atoms with Crippen LogP contribution >= 0.6 is 0 Å². The summed E-state index contributed by atoms with van der Waals surface area (Å²) in [5.41, 5.74) is 2.60. The Bertz CT molecular complexity index is 345. The van der Waals surface area contributed by atoms with Gasteiger partial charge in [-0.3, -0.25) is 4.79 Å². The normalized spacial score (nSPS) is 23.5. The van der Waals surface area contributed by atoms with Crippen LogP contribution in [-0.2, 0) is 4.79 Å². The number of allylic oxidation sites excluding steroid dienone is 2. The van der Waals surface area contributed by atoms with E-state index in [9.17, 15) is 4.79 Å². The van der Waals surface area contributed by atoms with E-state index < -0.39 is 0 Å². The number of piperidine rings is 1. The van der Waals surface area contributed by atoms with Crippen molar-refractivity contribution in [1.82, 2.24) is 4.90 Å². The largest absolute Gasteiger partial charge is 0.372 e. The Morgan fingerprint density at radius 3 is 2.79 bits per heavy atom. The van der Waals surface area contributed by atoms with E-state index in [-0.39, 0.29) is 0 Å². The first-order chi connectivity index (χ1) is 9.27. The minimum atomic E-state index is 0.399. The number of carbonyl (C=O) groups excluding carboxylic acids is 1. The third-order valence-corrected chi connectivity index (χ3v) is 4.72. The maximum absolute atomic E-state index is 12.2. The van der Waals surface area contributed by atoms with Crippen molar-refractivity contribution >= 4 is 5.78 Å². The van der Waals surface area contributed by atoms with Gasteiger partial charge in [-0.05, 0) is 44.9 Å². The molecule has 1 fully saturated rings. The fraction of sp³-hybridized carbons (Fsp3) is 0.824. The van der Waals surface area contributed by atoms with Crippen molar-refractivity contribution in [2.24, 2.45) is 0 Å². The Morgan fingerprint density at radius 1 is 1.21 bits per heavy atom. The fourth-order valence-electron chi connectivity index (χ4n) is 3.64. The van der Waals surface area contributed by atoms with Gasteiger partial charge in [0, 0.05) is 30.3 Å². The molecule has 0 aromatic rings. The van der Waals surface area contributed by atoms with Crippen LogP contribution in [0.15, 0.2) is 11.3 Å². The van der Waals surface area contributed by atoms with E-state index in [0.717, 1.165) is 18.9 Å². The van der Waals surface area contributed by atoms with Gasteiger partial charge in [-0.15, -0.1) is 0 Å². The number of hydrogen-bond donors (Lipinski definition) is 0. The first-order valence-electron chi connectivity index (χ1n) is 8.29. The molecule has 0 N–H and O–H groups in total. The summed E-state index contributed by atoms with van der Waals surface area (Å²) in [5.74, 6) is 0.399. The molecule has 1 atom stereocenters. The summed E-state index contributed by atoms with van der Waals surface area (Å²) in [6.45, 7) is 5.44. The van der Waals surface area contributed by atoms with Crippen molar-refractivity contribution in [3.63, 3.8) is 0 Å². The molecule has 1 saturated heterocycles. The number of unbranched alkanes of at least 4 members (excludes halogenated alkanes) is 2. The number of fused-ring (bicyclic) bond motifs is 1. The Labute approximate surface area is 118 Å². The van der Waals surface area contributed by atoms with E-state index >= 15 is 0 Å². The molecule has 2 nitrogen and oxygen atoms in total. The topological polar surface area (TPSA) is 20.3 Å². The highest BCUT2D eigenvalue weighted by Crippen LogP contribution is 2.35. The van der Waals surface area contributed by atoms with Gasteiger partial charge in [0.1, 0.15) is 0 Å². The molecule has 2 rings (SSSR count). The van der Waals surface area contributed by atoms with Crippen molar-refractivity contribution in [1.29, 1.82) is 0 Å². The van der Waals surface area contributed by atoms with Crippen LogP contribution in [-0.4, -0.2) is 23.3 Å². The molecule has 19 heavy (non-hydrogen) atoms. The molecule has 0 aliphatic carbocycles. The summed E-state index contributed by atoms with van der Waals surface area (Å²) in [5, 5.41) is 0. The van der Waals surface area contributed by atoms with Gasteiger partial charge in [0.25, 0.3) is 0 Å². The van der Waals surface area contributed by atoms with E-state index in [1.807, 2.05) is 6.92 Å². The fourth-order valence-corrected chi connectivity index (χ4v) is 3.64. The van der Waals surface area contributed by atoms with Crippen LogP contribution in [0.5, 0.6) is 0 Å². The van der Waals surface area contributed by atoms with Gasteiger partial charge in [-0.1, -0.05) is 26.7 Å². The number of rotatable bonds is 6. The second kappa shape index (κ2) is 7.12. The number of ketones is 1. The highest BCUT2D eigenvalue weighted by molar-refractivity contribution is 5.95. The first-order valence-corrected chi connectivity index (χ1v) is 8.29. The lowest BCUT2D eigenvalue weighted by molar-refractivity contribution is -0.115. The van der Waals surface area contributed by atoms with Crippen molar-refractivity contribution in [2.75, 3.05) is 6.54 Å². The average molecular weight is 263 g/mol. The zero-order valence-electron chi connectivity index (χ0n) is 12.7. The van der Waals surface area contributed by atoms with Crippen LogP contribution in [0.3, 0.4) is 0 Å². The molecule has 2 aliphatic rings. The van der Waals surface area contributed by atoms with Crippen LogP contribution in [0.25, 0.3) is 0 Å². The molecule has 1 unspecified atom stereocenters. The summed E-state index contributed by atoms with van der Waals surface area (Å²) in [4.78, 5) is 14.8. The monoisotopic (exact) mass is 263 g/mol. The van der Waals surface area contributed by atoms with Crippen molar-refractivity contribution in [2.45, 2.75) is 84.1 Å². The number of carbonyl (C=O) groups is 1. The number of Topliss-reactive ketones (excluding diaryl/α,β-unsaturated/α-hetero) is 1. The minimum Gasteiger partial charge on any atom is -0.372 e. The molecule has 0 aromatic carbocycles. The SMILES string of the molecule is CCCCCC1=C(C(=O)CC)CCC2CCCCN12. The van der Waals surface area contributed by atoms with Crippen LogP contribution in [0.4, 0.5) is 0 Å². The van der Waals surface area contributed by atoms with E-state index in [4.69, 9.17) is 0 Å². The third kappa shape index (κ3) is 3.40. The predicted molar refractivity (Wildman–Crippen MR) is 80.0 cm³/mol. The molecule has 0 amide bonds.